The van der Waals surface area contributed by atoms with E-state index in [0.29, 0.717) is 5.02 Å². The third-order valence-electron chi connectivity index (χ3n) is 3.41. The van der Waals surface area contributed by atoms with Crippen molar-refractivity contribution in [1.29, 1.82) is 0 Å². The molecule has 7 heteroatoms. The molecule has 23 heavy (non-hydrogen) atoms. The van der Waals surface area contributed by atoms with Crippen molar-refractivity contribution in [3.63, 3.8) is 0 Å². The Hall–Kier alpha value is -2.73. The van der Waals surface area contributed by atoms with Crippen LogP contribution in [0.2, 0.25) is 5.02 Å². The predicted octanol–water partition coefficient (Wildman–Crippen LogP) is 2.80. The molecule has 0 saturated heterocycles. The first-order chi connectivity index (χ1) is 11.2. The van der Waals surface area contributed by atoms with E-state index in [1.54, 1.807) is 17.7 Å². The second kappa shape index (κ2) is 6.58. The Labute approximate surface area is 137 Å². The molecule has 0 saturated carbocycles. The number of carbonyl (C=O) groups excluding carboxylic acids is 1. The number of amides is 1. The van der Waals surface area contributed by atoms with Crippen molar-refractivity contribution < 1.29 is 4.79 Å². The fraction of sp³-hybridized carbons (Fsp3) is 0.125. The van der Waals surface area contributed by atoms with Gasteiger partial charge in [0.2, 0.25) is 0 Å². The first-order valence-corrected chi connectivity index (χ1v) is 7.42. The van der Waals surface area contributed by atoms with E-state index < -0.39 is 6.04 Å². The van der Waals surface area contributed by atoms with Crippen LogP contribution in [0.4, 0.5) is 0 Å². The van der Waals surface area contributed by atoms with Gasteiger partial charge in [-0.3, -0.25) is 4.79 Å². The maximum absolute atomic E-state index is 12.2. The van der Waals surface area contributed by atoms with Gasteiger partial charge in [0.25, 0.3) is 5.91 Å². The van der Waals surface area contributed by atoms with Gasteiger partial charge in [-0.05, 0) is 25.1 Å². The molecule has 0 spiro atoms. The summed E-state index contributed by atoms with van der Waals surface area (Å²) in [7, 11) is 0. The van der Waals surface area contributed by atoms with E-state index in [9.17, 15) is 4.79 Å². The number of hydrazone groups is 1. The molecule has 6 nitrogen and oxygen atoms in total. The summed E-state index contributed by atoms with van der Waals surface area (Å²) in [5.41, 5.74) is 4.76. The molecular weight excluding hydrogens is 314 g/mol. The van der Waals surface area contributed by atoms with Crippen LogP contribution >= 0.6 is 11.6 Å². The summed E-state index contributed by atoms with van der Waals surface area (Å²) < 4.78 is 1.57. The lowest BCUT2D eigenvalue weighted by molar-refractivity contribution is -0.124. The predicted molar refractivity (Wildman–Crippen MR) is 89.4 cm³/mol. The van der Waals surface area contributed by atoms with Crippen LogP contribution < -0.4 is 5.43 Å². The zero-order chi connectivity index (χ0) is 16.2. The van der Waals surface area contributed by atoms with Crippen molar-refractivity contribution in [1.82, 2.24) is 20.4 Å². The molecule has 0 fully saturated rings. The van der Waals surface area contributed by atoms with Gasteiger partial charge < -0.3 is 0 Å². The first-order valence-electron chi connectivity index (χ1n) is 7.04. The van der Waals surface area contributed by atoms with Crippen LogP contribution in [0.5, 0.6) is 0 Å². The third-order valence-corrected chi connectivity index (χ3v) is 3.75. The molecule has 116 valence electrons. The van der Waals surface area contributed by atoms with Crippen LogP contribution in [0, 0.1) is 0 Å². The number of rotatable bonds is 4. The van der Waals surface area contributed by atoms with Crippen LogP contribution in [0.1, 0.15) is 18.5 Å². The number of nitrogens with one attached hydrogen (secondary N) is 1. The van der Waals surface area contributed by atoms with Gasteiger partial charge >= 0.3 is 0 Å². The third kappa shape index (κ3) is 3.22. The highest BCUT2D eigenvalue weighted by Gasteiger charge is 2.18. The average molecular weight is 328 g/mol. The highest BCUT2D eigenvalue weighted by Crippen LogP contribution is 2.15. The van der Waals surface area contributed by atoms with Gasteiger partial charge in [0.15, 0.2) is 0 Å². The minimum absolute atomic E-state index is 0.288. The molecule has 3 rings (SSSR count). The molecule has 0 radical (unpaired) electrons. The molecule has 0 aliphatic rings. The minimum atomic E-state index is -0.536. The number of para-hydroxylation sites is 1. The Bertz CT molecular complexity index is 874. The summed E-state index contributed by atoms with van der Waals surface area (Å²) in [5, 5.41) is 12.6. The molecule has 0 bridgehead atoms. The number of hydrogen-bond donors (Lipinski definition) is 1. The van der Waals surface area contributed by atoms with Gasteiger partial charge in [-0.25, -0.2) is 10.1 Å². The summed E-state index contributed by atoms with van der Waals surface area (Å²) >= 11 is 6.02. The average Bonchev–Trinajstić information content (AvgIpc) is 3.00. The Morgan fingerprint density at radius 3 is 2.83 bits per heavy atom. The van der Waals surface area contributed by atoms with Crippen molar-refractivity contribution in [2.45, 2.75) is 13.0 Å². The van der Waals surface area contributed by atoms with Crippen LogP contribution in [-0.2, 0) is 4.79 Å². The van der Waals surface area contributed by atoms with E-state index in [4.69, 9.17) is 11.6 Å². The fourth-order valence-corrected chi connectivity index (χ4v) is 2.31. The summed E-state index contributed by atoms with van der Waals surface area (Å²) in [5.74, 6) is -0.288. The highest BCUT2D eigenvalue weighted by molar-refractivity contribution is 6.33. The zero-order valence-electron chi connectivity index (χ0n) is 12.3. The monoisotopic (exact) mass is 327 g/mol. The van der Waals surface area contributed by atoms with E-state index in [1.807, 2.05) is 42.5 Å². The van der Waals surface area contributed by atoms with Gasteiger partial charge in [-0.2, -0.15) is 5.10 Å². The van der Waals surface area contributed by atoms with Crippen molar-refractivity contribution >= 4 is 34.8 Å². The summed E-state index contributed by atoms with van der Waals surface area (Å²) in [6.45, 7) is 1.74. The van der Waals surface area contributed by atoms with Gasteiger partial charge in [0.1, 0.15) is 11.6 Å². The quantitative estimate of drug-likeness (QED) is 0.591. The molecule has 2 aromatic carbocycles. The smallest absolute Gasteiger partial charge is 0.264 e. The lowest BCUT2D eigenvalue weighted by Crippen LogP contribution is -2.28. The van der Waals surface area contributed by atoms with Crippen molar-refractivity contribution in [2.24, 2.45) is 5.10 Å². The Kier molecular flexibility index (Phi) is 4.34. The van der Waals surface area contributed by atoms with E-state index in [-0.39, 0.29) is 5.91 Å². The minimum Gasteiger partial charge on any atom is -0.271 e. The fourth-order valence-electron chi connectivity index (χ4n) is 2.12. The maximum atomic E-state index is 12.2. The Balaban J connectivity index is 1.72. The molecule has 0 aliphatic carbocycles. The normalized spacial score (nSPS) is 12.6. The van der Waals surface area contributed by atoms with Crippen LogP contribution in [0.3, 0.4) is 0 Å². The molecule has 1 atom stereocenters. The molecule has 1 amide bonds. The summed E-state index contributed by atoms with van der Waals surface area (Å²) in [6, 6.07) is 14.2. The number of carbonyl (C=O) groups is 1. The number of fused-ring (bicyclic) bond motifs is 1. The largest absolute Gasteiger partial charge is 0.271 e. The van der Waals surface area contributed by atoms with E-state index in [0.717, 1.165) is 16.6 Å². The molecule has 1 aromatic heterocycles. The second-order valence-corrected chi connectivity index (χ2v) is 5.36. The van der Waals surface area contributed by atoms with E-state index in [2.05, 4.69) is 20.8 Å². The number of aromatic nitrogens is 3. The number of hydrogen-bond acceptors (Lipinski definition) is 4. The second-order valence-electron chi connectivity index (χ2n) is 4.95. The standard InChI is InChI=1S/C16H14ClN5O/c1-11(22-15-9-5-4-8-14(15)19-21-22)16(23)20-18-10-12-6-2-3-7-13(12)17/h2-11H,1H3,(H,20,23)/t11-/m0/s1. The Morgan fingerprint density at radius 2 is 2.00 bits per heavy atom. The molecule has 3 aromatic rings. The van der Waals surface area contributed by atoms with Crippen LogP contribution in [0.15, 0.2) is 53.6 Å². The lowest BCUT2D eigenvalue weighted by Gasteiger charge is -2.10. The van der Waals surface area contributed by atoms with E-state index >= 15 is 0 Å². The van der Waals surface area contributed by atoms with Crippen LogP contribution in [0.25, 0.3) is 11.0 Å². The van der Waals surface area contributed by atoms with Gasteiger partial charge in [0, 0.05) is 10.6 Å². The van der Waals surface area contributed by atoms with Crippen molar-refractivity contribution in [3.05, 3.63) is 59.1 Å². The van der Waals surface area contributed by atoms with Crippen molar-refractivity contribution in [3.8, 4) is 0 Å². The van der Waals surface area contributed by atoms with E-state index in [1.165, 1.54) is 6.21 Å². The molecule has 1 heterocycles. The topological polar surface area (TPSA) is 72.2 Å². The maximum Gasteiger partial charge on any atom is 0.264 e. The van der Waals surface area contributed by atoms with Crippen molar-refractivity contribution in [2.75, 3.05) is 0 Å². The molecular formula is C16H14ClN5O. The number of halogens is 1. The summed E-state index contributed by atoms with van der Waals surface area (Å²) in [6.07, 6.45) is 1.51. The van der Waals surface area contributed by atoms with Gasteiger partial charge in [0.05, 0.1) is 11.7 Å². The SMILES string of the molecule is C[C@@H](C(=O)NN=Cc1ccccc1Cl)n1nnc2ccccc21. The first kappa shape index (κ1) is 15.2. The zero-order valence-corrected chi connectivity index (χ0v) is 13.1. The Morgan fingerprint density at radius 1 is 1.26 bits per heavy atom. The van der Waals surface area contributed by atoms with Gasteiger partial charge in [-0.15, -0.1) is 5.10 Å². The lowest BCUT2D eigenvalue weighted by atomic mass is 10.2. The highest BCUT2D eigenvalue weighted by atomic mass is 35.5. The van der Waals surface area contributed by atoms with Gasteiger partial charge in [-0.1, -0.05) is 47.1 Å². The van der Waals surface area contributed by atoms with Crippen LogP contribution in [-0.4, -0.2) is 27.1 Å². The molecule has 0 unspecified atom stereocenters. The summed E-state index contributed by atoms with van der Waals surface area (Å²) in [4.78, 5) is 12.2. The number of nitrogens with zero attached hydrogens (tertiary/aromatic N) is 4. The number of benzene rings is 2. The molecule has 1 N–H and O–H groups in total. The molecule has 0 aliphatic heterocycles.